The van der Waals surface area contributed by atoms with Crippen LogP contribution >= 0.6 is 15.9 Å². The molecule has 4 nitrogen and oxygen atoms in total. The van der Waals surface area contributed by atoms with Crippen molar-refractivity contribution >= 4 is 27.5 Å². The van der Waals surface area contributed by atoms with Gasteiger partial charge in [0.05, 0.1) is 23.5 Å². The Morgan fingerprint density at radius 2 is 2.20 bits per heavy atom. The van der Waals surface area contributed by atoms with Crippen molar-refractivity contribution in [3.8, 4) is 0 Å². The van der Waals surface area contributed by atoms with E-state index >= 15 is 0 Å². The molecule has 6 heteroatoms. The summed E-state index contributed by atoms with van der Waals surface area (Å²) in [5.41, 5.74) is 7.32. The third-order valence-electron chi connectivity index (χ3n) is 2.71. The van der Waals surface area contributed by atoms with E-state index < -0.39 is 5.82 Å². The molecule has 1 amide bonds. The number of rotatable bonds is 3. The maximum Gasteiger partial charge on any atom is 0.252 e. The van der Waals surface area contributed by atoms with Gasteiger partial charge in [-0.05, 0) is 47.1 Å². The van der Waals surface area contributed by atoms with Crippen LogP contribution in [0.5, 0.6) is 0 Å². The average Bonchev–Trinajstić information content (AvgIpc) is 2.40. The number of anilines is 1. The lowest BCUT2D eigenvalue weighted by molar-refractivity contribution is 0.0949. The number of nitrogen functional groups attached to an aromatic ring is 1. The molecule has 0 bridgehead atoms. The second-order valence-corrected chi connectivity index (χ2v) is 5.16. The van der Waals surface area contributed by atoms with Gasteiger partial charge in [-0.2, -0.15) is 0 Å². The Bertz CT molecular complexity index is 661. The highest BCUT2D eigenvalue weighted by Crippen LogP contribution is 2.22. The number of aromatic nitrogens is 1. The number of aryl methyl sites for hydroxylation is 1. The van der Waals surface area contributed by atoms with Gasteiger partial charge in [0.1, 0.15) is 5.82 Å². The SMILES string of the molecule is Cc1cccc(CNC(=O)c2cc(N)c(F)cc2Br)n1. The highest BCUT2D eigenvalue weighted by atomic mass is 79.9. The van der Waals surface area contributed by atoms with Crippen LogP contribution in [0.4, 0.5) is 10.1 Å². The van der Waals surface area contributed by atoms with Crippen molar-refractivity contribution in [1.82, 2.24) is 10.3 Å². The number of carbonyl (C=O) groups excluding carboxylic acids is 1. The number of hydrogen-bond acceptors (Lipinski definition) is 3. The molecule has 0 spiro atoms. The number of benzene rings is 1. The molecule has 0 fully saturated rings. The smallest absolute Gasteiger partial charge is 0.252 e. The molecule has 3 N–H and O–H groups in total. The Morgan fingerprint density at radius 3 is 2.90 bits per heavy atom. The van der Waals surface area contributed by atoms with Crippen LogP contribution in [0.1, 0.15) is 21.7 Å². The molecule has 0 aliphatic carbocycles. The molecule has 1 aromatic carbocycles. The summed E-state index contributed by atoms with van der Waals surface area (Å²) >= 11 is 3.15. The fraction of sp³-hybridized carbons (Fsp3) is 0.143. The predicted molar refractivity (Wildman–Crippen MR) is 78.7 cm³/mol. The first kappa shape index (κ1) is 14.5. The molecule has 0 radical (unpaired) electrons. The van der Waals surface area contributed by atoms with Gasteiger partial charge in [-0.25, -0.2) is 4.39 Å². The van der Waals surface area contributed by atoms with E-state index in [1.54, 1.807) is 0 Å². The molecule has 0 aliphatic rings. The molecule has 1 aromatic heterocycles. The van der Waals surface area contributed by atoms with Gasteiger partial charge in [0.25, 0.3) is 5.91 Å². The summed E-state index contributed by atoms with van der Waals surface area (Å²) in [4.78, 5) is 16.3. The van der Waals surface area contributed by atoms with Crippen LogP contribution in [0.2, 0.25) is 0 Å². The lowest BCUT2D eigenvalue weighted by Crippen LogP contribution is -2.24. The summed E-state index contributed by atoms with van der Waals surface area (Å²) in [5.74, 6) is -0.902. The molecular weight excluding hydrogens is 325 g/mol. The van der Waals surface area contributed by atoms with Gasteiger partial charge >= 0.3 is 0 Å². The Hall–Kier alpha value is -1.95. The highest BCUT2D eigenvalue weighted by Gasteiger charge is 2.13. The van der Waals surface area contributed by atoms with E-state index in [1.807, 2.05) is 25.1 Å². The first-order valence-electron chi connectivity index (χ1n) is 5.92. The Labute approximate surface area is 124 Å². The molecule has 0 unspecified atom stereocenters. The van der Waals surface area contributed by atoms with Gasteiger partial charge in [-0.3, -0.25) is 9.78 Å². The number of nitrogens with zero attached hydrogens (tertiary/aromatic N) is 1. The maximum absolute atomic E-state index is 13.2. The van der Waals surface area contributed by atoms with Crippen LogP contribution in [0.15, 0.2) is 34.8 Å². The number of nitrogens with two attached hydrogens (primary N) is 1. The van der Waals surface area contributed by atoms with Crippen molar-refractivity contribution in [2.45, 2.75) is 13.5 Å². The summed E-state index contributed by atoms with van der Waals surface area (Å²) in [7, 11) is 0. The molecule has 0 saturated heterocycles. The predicted octanol–water partition coefficient (Wildman–Crippen LogP) is 2.80. The molecule has 0 atom stereocenters. The van der Waals surface area contributed by atoms with Gasteiger partial charge in [-0.1, -0.05) is 6.07 Å². The minimum absolute atomic E-state index is 0.0629. The van der Waals surface area contributed by atoms with Crippen LogP contribution in [0.25, 0.3) is 0 Å². The van der Waals surface area contributed by atoms with Crippen LogP contribution in [-0.2, 0) is 6.54 Å². The van der Waals surface area contributed by atoms with Gasteiger partial charge in [0.15, 0.2) is 0 Å². The molecule has 1 heterocycles. The van der Waals surface area contributed by atoms with Crippen molar-refractivity contribution < 1.29 is 9.18 Å². The number of pyridine rings is 1. The quantitative estimate of drug-likeness (QED) is 0.846. The maximum atomic E-state index is 13.2. The van der Waals surface area contributed by atoms with E-state index in [9.17, 15) is 9.18 Å². The Morgan fingerprint density at radius 1 is 1.45 bits per heavy atom. The lowest BCUT2D eigenvalue weighted by atomic mass is 10.2. The molecule has 0 aliphatic heterocycles. The second-order valence-electron chi connectivity index (χ2n) is 4.31. The number of nitrogens with one attached hydrogen (secondary N) is 1. The average molecular weight is 338 g/mol. The summed E-state index contributed by atoms with van der Waals surface area (Å²) in [5, 5.41) is 2.72. The van der Waals surface area contributed by atoms with Crippen molar-refractivity contribution in [1.29, 1.82) is 0 Å². The van der Waals surface area contributed by atoms with E-state index in [0.717, 1.165) is 11.4 Å². The molecule has 20 heavy (non-hydrogen) atoms. The number of halogens is 2. The first-order chi connectivity index (χ1) is 9.47. The summed E-state index contributed by atoms with van der Waals surface area (Å²) < 4.78 is 13.6. The monoisotopic (exact) mass is 337 g/mol. The van der Waals surface area contributed by atoms with E-state index in [1.165, 1.54) is 12.1 Å². The summed E-state index contributed by atoms with van der Waals surface area (Å²) in [6.45, 7) is 2.17. The van der Waals surface area contributed by atoms with Gasteiger partial charge in [0, 0.05) is 10.2 Å². The minimum atomic E-state index is -0.561. The van der Waals surface area contributed by atoms with Gasteiger partial charge < -0.3 is 11.1 Å². The van der Waals surface area contributed by atoms with E-state index in [0.29, 0.717) is 11.0 Å². The van der Waals surface area contributed by atoms with Crippen molar-refractivity contribution in [2.75, 3.05) is 5.73 Å². The van der Waals surface area contributed by atoms with E-state index in [2.05, 4.69) is 26.2 Å². The van der Waals surface area contributed by atoms with Crippen LogP contribution in [0, 0.1) is 12.7 Å². The standard InChI is InChI=1S/C14H13BrFN3O/c1-8-3-2-4-9(19-8)7-18-14(20)10-5-13(17)12(16)6-11(10)15/h2-6H,7,17H2,1H3,(H,18,20). The zero-order chi connectivity index (χ0) is 14.7. The summed E-state index contributed by atoms with van der Waals surface area (Å²) in [6.07, 6.45) is 0. The van der Waals surface area contributed by atoms with Crippen molar-refractivity contribution in [3.05, 3.63) is 57.6 Å². The van der Waals surface area contributed by atoms with Gasteiger partial charge in [-0.15, -0.1) is 0 Å². The Balaban J connectivity index is 2.11. The molecule has 0 saturated carbocycles. The third-order valence-corrected chi connectivity index (χ3v) is 3.36. The van der Waals surface area contributed by atoms with Crippen LogP contribution in [-0.4, -0.2) is 10.9 Å². The molecule has 2 aromatic rings. The highest BCUT2D eigenvalue weighted by molar-refractivity contribution is 9.10. The largest absolute Gasteiger partial charge is 0.396 e. The normalized spacial score (nSPS) is 10.3. The minimum Gasteiger partial charge on any atom is -0.396 e. The fourth-order valence-electron chi connectivity index (χ4n) is 1.70. The molecule has 104 valence electrons. The number of carbonyl (C=O) groups is 1. The van der Waals surface area contributed by atoms with Crippen molar-refractivity contribution in [3.63, 3.8) is 0 Å². The zero-order valence-electron chi connectivity index (χ0n) is 10.8. The van der Waals surface area contributed by atoms with Crippen molar-refractivity contribution in [2.24, 2.45) is 0 Å². The number of hydrogen-bond donors (Lipinski definition) is 2. The molecule has 2 rings (SSSR count). The van der Waals surface area contributed by atoms with Crippen LogP contribution in [0.3, 0.4) is 0 Å². The van der Waals surface area contributed by atoms with Crippen LogP contribution < -0.4 is 11.1 Å². The zero-order valence-corrected chi connectivity index (χ0v) is 12.4. The lowest BCUT2D eigenvalue weighted by Gasteiger charge is -2.08. The number of amides is 1. The fourth-order valence-corrected chi connectivity index (χ4v) is 2.20. The third kappa shape index (κ3) is 3.33. The summed E-state index contributed by atoms with van der Waals surface area (Å²) in [6, 6.07) is 8.05. The molecular formula is C14H13BrFN3O. The first-order valence-corrected chi connectivity index (χ1v) is 6.72. The Kier molecular flexibility index (Phi) is 4.34. The second kappa shape index (κ2) is 6.00. The van der Waals surface area contributed by atoms with Gasteiger partial charge in [0.2, 0.25) is 0 Å². The van der Waals surface area contributed by atoms with E-state index in [-0.39, 0.29) is 17.2 Å². The van der Waals surface area contributed by atoms with E-state index in [4.69, 9.17) is 5.73 Å². The topological polar surface area (TPSA) is 68.0 Å².